The highest BCUT2D eigenvalue weighted by atomic mass is 32.2. The summed E-state index contributed by atoms with van der Waals surface area (Å²) in [5.41, 5.74) is 3.67. The van der Waals surface area contributed by atoms with Crippen molar-refractivity contribution in [3.05, 3.63) is 45.9 Å². The van der Waals surface area contributed by atoms with Gasteiger partial charge in [-0.2, -0.15) is 5.10 Å². The maximum Gasteiger partial charge on any atom is 0.265 e. The molecular weight excluding hydrogens is 402 g/mol. The molecule has 0 saturated carbocycles. The molecule has 30 heavy (non-hydrogen) atoms. The molecule has 0 radical (unpaired) electrons. The van der Waals surface area contributed by atoms with Crippen LogP contribution in [0.15, 0.2) is 34.3 Å². The smallest absolute Gasteiger partial charge is 0.265 e. The highest BCUT2D eigenvalue weighted by Gasteiger charge is 2.31. The molecule has 0 spiro atoms. The van der Waals surface area contributed by atoms with E-state index in [1.54, 1.807) is 15.4 Å². The van der Waals surface area contributed by atoms with E-state index in [0.29, 0.717) is 54.7 Å². The first-order valence-electron chi connectivity index (χ1n) is 10.1. The Morgan fingerprint density at radius 2 is 2.03 bits per heavy atom. The quantitative estimate of drug-likeness (QED) is 0.598. The second-order valence-electron chi connectivity index (χ2n) is 7.79. The van der Waals surface area contributed by atoms with Crippen molar-refractivity contribution in [2.45, 2.75) is 31.5 Å². The lowest BCUT2D eigenvalue weighted by molar-refractivity contribution is -0.135. The van der Waals surface area contributed by atoms with Crippen LogP contribution in [0.4, 0.5) is 0 Å². The van der Waals surface area contributed by atoms with Gasteiger partial charge in [0.05, 0.1) is 31.1 Å². The molecule has 2 aromatic heterocycles. The average molecular weight is 426 g/mol. The normalized spacial score (nSPS) is 18.7. The van der Waals surface area contributed by atoms with Gasteiger partial charge in [0.1, 0.15) is 5.39 Å². The summed E-state index contributed by atoms with van der Waals surface area (Å²) in [5, 5.41) is 5.57. The zero-order valence-corrected chi connectivity index (χ0v) is 17.8. The van der Waals surface area contributed by atoms with Crippen molar-refractivity contribution in [2.75, 3.05) is 32.1 Å². The number of aromatic nitrogens is 4. The molecule has 8 nitrogen and oxygen atoms in total. The number of aryl methyl sites for hydroxylation is 2. The van der Waals surface area contributed by atoms with E-state index in [2.05, 4.69) is 18.9 Å². The van der Waals surface area contributed by atoms with Gasteiger partial charge < -0.3 is 9.64 Å². The molecule has 3 aromatic rings. The van der Waals surface area contributed by atoms with Crippen molar-refractivity contribution >= 4 is 28.7 Å². The van der Waals surface area contributed by atoms with Crippen LogP contribution in [0.2, 0.25) is 0 Å². The summed E-state index contributed by atoms with van der Waals surface area (Å²) in [7, 11) is 0. The van der Waals surface area contributed by atoms with Crippen LogP contribution in [-0.2, 0) is 9.53 Å². The molecule has 5 rings (SSSR count). The SMILES string of the molecule is Cc1ccc(-n2ncc3c(=O)n4c(nc32)SCC4CC(=O)N2CCOCC2)cc1C. The van der Waals surface area contributed by atoms with Gasteiger partial charge in [0.15, 0.2) is 10.8 Å². The second-order valence-corrected chi connectivity index (χ2v) is 8.78. The van der Waals surface area contributed by atoms with Crippen LogP contribution >= 0.6 is 11.8 Å². The lowest BCUT2D eigenvalue weighted by Gasteiger charge is -2.28. The number of benzene rings is 1. The molecule has 9 heteroatoms. The largest absolute Gasteiger partial charge is 0.378 e. The summed E-state index contributed by atoms with van der Waals surface area (Å²) >= 11 is 1.52. The fourth-order valence-corrected chi connectivity index (χ4v) is 5.10. The lowest BCUT2D eigenvalue weighted by atomic mass is 10.1. The number of nitrogens with zero attached hydrogens (tertiary/aromatic N) is 5. The van der Waals surface area contributed by atoms with Gasteiger partial charge >= 0.3 is 0 Å². The first-order valence-corrected chi connectivity index (χ1v) is 11.1. The molecule has 1 unspecified atom stereocenters. The summed E-state index contributed by atoms with van der Waals surface area (Å²) in [6.07, 6.45) is 1.88. The molecular formula is C21H23N5O3S. The molecule has 0 N–H and O–H groups in total. The number of hydrogen-bond donors (Lipinski definition) is 0. The minimum atomic E-state index is -0.185. The van der Waals surface area contributed by atoms with Crippen molar-refractivity contribution in [1.29, 1.82) is 0 Å². The van der Waals surface area contributed by atoms with Gasteiger partial charge in [0.2, 0.25) is 5.91 Å². The number of morpholine rings is 1. The van der Waals surface area contributed by atoms with Gasteiger partial charge in [0.25, 0.3) is 5.56 Å². The molecule has 1 fully saturated rings. The Labute approximate surface area is 177 Å². The van der Waals surface area contributed by atoms with Crippen molar-refractivity contribution in [2.24, 2.45) is 0 Å². The van der Waals surface area contributed by atoms with Crippen LogP contribution in [0, 0.1) is 13.8 Å². The zero-order valence-electron chi connectivity index (χ0n) is 17.0. The zero-order chi connectivity index (χ0) is 20.8. The number of fused-ring (bicyclic) bond motifs is 2. The number of rotatable bonds is 3. The van der Waals surface area contributed by atoms with Crippen LogP contribution in [0.3, 0.4) is 0 Å². The maximum absolute atomic E-state index is 13.3. The van der Waals surface area contributed by atoms with E-state index in [1.165, 1.54) is 17.3 Å². The predicted molar refractivity (Wildman–Crippen MR) is 114 cm³/mol. The maximum atomic E-state index is 13.3. The lowest BCUT2D eigenvalue weighted by Crippen LogP contribution is -2.42. The summed E-state index contributed by atoms with van der Waals surface area (Å²) in [5.74, 6) is 0.733. The van der Waals surface area contributed by atoms with Gasteiger partial charge in [-0.05, 0) is 37.1 Å². The highest BCUT2D eigenvalue weighted by Crippen LogP contribution is 2.34. The van der Waals surface area contributed by atoms with Gasteiger partial charge in [-0.25, -0.2) is 9.67 Å². The van der Waals surface area contributed by atoms with E-state index in [4.69, 9.17) is 9.72 Å². The van der Waals surface area contributed by atoms with Gasteiger partial charge in [-0.3, -0.25) is 14.2 Å². The van der Waals surface area contributed by atoms with Crippen molar-refractivity contribution < 1.29 is 9.53 Å². The van der Waals surface area contributed by atoms with Gasteiger partial charge in [-0.1, -0.05) is 17.8 Å². The van der Waals surface area contributed by atoms with E-state index in [1.807, 2.05) is 23.1 Å². The Balaban J connectivity index is 1.49. The third-order valence-electron chi connectivity index (χ3n) is 5.88. The van der Waals surface area contributed by atoms with Crippen LogP contribution < -0.4 is 5.56 Å². The number of ether oxygens (including phenoxy) is 1. The van der Waals surface area contributed by atoms with E-state index in [-0.39, 0.29) is 17.5 Å². The Bertz CT molecular complexity index is 1200. The molecule has 2 aliphatic heterocycles. The van der Waals surface area contributed by atoms with Crippen molar-refractivity contribution in [3.63, 3.8) is 0 Å². The number of hydrogen-bond acceptors (Lipinski definition) is 6. The third kappa shape index (κ3) is 3.22. The number of thioether (sulfide) groups is 1. The van der Waals surface area contributed by atoms with Crippen LogP contribution in [0.5, 0.6) is 0 Å². The van der Waals surface area contributed by atoms with Crippen molar-refractivity contribution in [3.8, 4) is 5.69 Å². The summed E-state index contributed by atoms with van der Waals surface area (Å²) in [6.45, 7) is 6.48. The fraction of sp³-hybridized carbons (Fsp3) is 0.429. The predicted octanol–water partition coefficient (Wildman–Crippen LogP) is 2.09. The molecule has 1 saturated heterocycles. The topological polar surface area (TPSA) is 82.2 Å². The standard InChI is InChI=1S/C21H23N5O3S/c1-13-3-4-15(9-14(13)2)26-19-17(11-22-26)20(28)25-16(12-30-21(25)23-19)10-18(27)24-5-7-29-8-6-24/h3-4,9,11,16H,5-8,10,12H2,1-2H3. The van der Waals surface area contributed by atoms with Crippen LogP contribution in [-0.4, -0.2) is 62.2 Å². The minimum Gasteiger partial charge on any atom is -0.378 e. The van der Waals surface area contributed by atoms with E-state index in [9.17, 15) is 9.59 Å². The average Bonchev–Trinajstić information content (AvgIpc) is 3.36. The Morgan fingerprint density at radius 1 is 1.23 bits per heavy atom. The Hall–Kier alpha value is -2.65. The van der Waals surface area contributed by atoms with Gasteiger partial charge in [0, 0.05) is 25.3 Å². The Kier molecular flexibility index (Phi) is 4.86. The molecule has 0 aliphatic carbocycles. The highest BCUT2D eigenvalue weighted by molar-refractivity contribution is 7.99. The minimum absolute atomic E-state index is 0.0644. The monoisotopic (exact) mass is 425 g/mol. The molecule has 1 atom stereocenters. The number of amides is 1. The van der Waals surface area contributed by atoms with E-state index >= 15 is 0 Å². The summed E-state index contributed by atoms with van der Waals surface area (Å²) < 4.78 is 8.72. The number of carbonyl (C=O) groups excluding carboxylic acids is 1. The first kappa shape index (κ1) is 19.3. The van der Waals surface area contributed by atoms with Crippen molar-refractivity contribution in [1.82, 2.24) is 24.2 Å². The van der Waals surface area contributed by atoms with Crippen LogP contribution in [0.1, 0.15) is 23.6 Å². The fourth-order valence-electron chi connectivity index (χ4n) is 3.97. The summed E-state index contributed by atoms with van der Waals surface area (Å²) in [6, 6.07) is 5.89. The van der Waals surface area contributed by atoms with Gasteiger partial charge in [-0.15, -0.1) is 0 Å². The molecule has 1 aromatic carbocycles. The molecule has 156 valence electrons. The summed E-state index contributed by atoms with van der Waals surface area (Å²) in [4.78, 5) is 32.5. The molecule has 1 amide bonds. The van der Waals surface area contributed by atoms with E-state index in [0.717, 1.165) is 11.3 Å². The number of carbonyl (C=O) groups is 1. The van der Waals surface area contributed by atoms with E-state index < -0.39 is 0 Å². The first-order chi connectivity index (χ1) is 14.5. The molecule has 0 bridgehead atoms. The van der Waals surface area contributed by atoms with Crippen LogP contribution in [0.25, 0.3) is 16.7 Å². The Morgan fingerprint density at radius 3 is 2.80 bits per heavy atom. The second kappa shape index (κ2) is 7.55. The molecule has 4 heterocycles. The molecule has 2 aliphatic rings. The third-order valence-corrected chi connectivity index (χ3v) is 6.98.